The SMILES string of the molecule is O=C(O)Cc1ccc(S(=O)(=O)Nc2ccc(Cl)cc2Cl)s1. The Balaban J connectivity index is 2.25. The van der Waals surface area contributed by atoms with Crippen molar-refractivity contribution in [3.05, 3.63) is 45.3 Å². The minimum Gasteiger partial charge on any atom is -0.481 e. The number of nitrogens with one attached hydrogen (secondary N) is 1. The highest BCUT2D eigenvalue weighted by Gasteiger charge is 2.19. The van der Waals surface area contributed by atoms with Crippen molar-refractivity contribution in [2.45, 2.75) is 10.6 Å². The number of sulfonamides is 1. The molecule has 1 aromatic carbocycles. The van der Waals surface area contributed by atoms with E-state index >= 15 is 0 Å². The lowest BCUT2D eigenvalue weighted by Crippen LogP contribution is -2.11. The molecule has 2 rings (SSSR count). The zero-order valence-corrected chi connectivity index (χ0v) is 13.5. The molecule has 0 radical (unpaired) electrons. The van der Waals surface area contributed by atoms with Crippen LogP contribution < -0.4 is 4.72 Å². The fourth-order valence-electron chi connectivity index (χ4n) is 1.51. The van der Waals surface area contributed by atoms with Gasteiger partial charge in [0, 0.05) is 9.90 Å². The van der Waals surface area contributed by atoms with Crippen molar-refractivity contribution in [1.29, 1.82) is 0 Å². The van der Waals surface area contributed by atoms with Crippen molar-refractivity contribution in [2.24, 2.45) is 0 Å². The molecule has 0 aliphatic heterocycles. The average Bonchev–Trinajstić information content (AvgIpc) is 2.81. The van der Waals surface area contributed by atoms with Gasteiger partial charge in [0.05, 0.1) is 17.1 Å². The van der Waals surface area contributed by atoms with Crippen LogP contribution in [0, 0.1) is 0 Å². The highest BCUT2D eigenvalue weighted by Crippen LogP contribution is 2.29. The summed E-state index contributed by atoms with van der Waals surface area (Å²) in [6.45, 7) is 0. The van der Waals surface area contributed by atoms with E-state index < -0.39 is 16.0 Å². The van der Waals surface area contributed by atoms with Gasteiger partial charge in [-0.05, 0) is 30.3 Å². The van der Waals surface area contributed by atoms with Crippen molar-refractivity contribution in [1.82, 2.24) is 0 Å². The Morgan fingerprint density at radius 3 is 2.57 bits per heavy atom. The molecule has 0 saturated carbocycles. The molecule has 0 aliphatic rings. The number of benzene rings is 1. The summed E-state index contributed by atoms with van der Waals surface area (Å²) in [5.74, 6) is -1.02. The number of hydrogen-bond acceptors (Lipinski definition) is 4. The van der Waals surface area contributed by atoms with E-state index in [9.17, 15) is 13.2 Å². The molecule has 0 atom stereocenters. The van der Waals surface area contributed by atoms with Crippen LogP contribution in [0.1, 0.15) is 4.88 Å². The number of aliphatic carboxylic acids is 1. The van der Waals surface area contributed by atoms with Crippen LogP contribution >= 0.6 is 34.5 Å². The van der Waals surface area contributed by atoms with Gasteiger partial charge in [0.1, 0.15) is 4.21 Å². The van der Waals surface area contributed by atoms with Crippen molar-refractivity contribution in [2.75, 3.05) is 4.72 Å². The van der Waals surface area contributed by atoms with Crippen LogP contribution in [0.3, 0.4) is 0 Å². The largest absolute Gasteiger partial charge is 0.481 e. The minimum atomic E-state index is -3.82. The van der Waals surface area contributed by atoms with Gasteiger partial charge in [0.15, 0.2) is 0 Å². The molecule has 1 aromatic heterocycles. The van der Waals surface area contributed by atoms with E-state index in [-0.39, 0.29) is 21.3 Å². The van der Waals surface area contributed by atoms with Gasteiger partial charge in [-0.15, -0.1) is 11.3 Å². The molecule has 9 heteroatoms. The Labute approximate surface area is 135 Å². The fourth-order valence-corrected chi connectivity index (χ4v) is 4.45. The maximum atomic E-state index is 12.2. The van der Waals surface area contributed by atoms with Crippen molar-refractivity contribution < 1.29 is 18.3 Å². The number of halogens is 2. The Bertz CT molecular complexity index is 786. The zero-order chi connectivity index (χ0) is 15.6. The van der Waals surface area contributed by atoms with Crippen LogP contribution in [-0.2, 0) is 21.2 Å². The van der Waals surface area contributed by atoms with Crippen LogP contribution in [0.4, 0.5) is 5.69 Å². The predicted molar refractivity (Wildman–Crippen MR) is 82.9 cm³/mol. The summed E-state index contributed by atoms with van der Waals surface area (Å²) in [5.41, 5.74) is 0.203. The second-order valence-electron chi connectivity index (χ2n) is 4.02. The first-order valence-corrected chi connectivity index (χ1v) is 8.62. The topological polar surface area (TPSA) is 83.5 Å². The van der Waals surface area contributed by atoms with Crippen LogP contribution in [0.2, 0.25) is 10.0 Å². The van der Waals surface area contributed by atoms with Crippen molar-refractivity contribution in [3.8, 4) is 0 Å². The minimum absolute atomic E-state index is 0.0183. The van der Waals surface area contributed by atoms with E-state index in [2.05, 4.69) is 4.72 Å². The summed E-state index contributed by atoms with van der Waals surface area (Å²) in [7, 11) is -3.82. The highest BCUT2D eigenvalue weighted by atomic mass is 35.5. The number of carboxylic acid groups (broad SMARTS) is 1. The normalized spacial score (nSPS) is 11.3. The van der Waals surface area contributed by atoms with Gasteiger partial charge < -0.3 is 5.11 Å². The molecule has 0 saturated heterocycles. The van der Waals surface area contributed by atoms with Crippen molar-refractivity contribution >= 4 is 56.2 Å². The van der Waals surface area contributed by atoms with E-state index in [4.69, 9.17) is 28.3 Å². The summed E-state index contributed by atoms with van der Waals surface area (Å²) in [4.78, 5) is 11.1. The van der Waals surface area contributed by atoms with Gasteiger partial charge in [0.25, 0.3) is 10.0 Å². The first kappa shape index (κ1) is 16.1. The quantitative estimate of drug-likeness (QED) is 0.849. The van der Waals surface area contributed by atoms with E-state index in [1.54, 1.807) is 0 Å². The summed E-state index contributed by atoms with van der Waals surface area (Å²) >= 11 is 12.5. The lowest BCUT2D eigenvalue weighted by molar-refractivity contribution is -0.136. The number of carbonyl (C=O) groups is 1. The van der Waals surface area contributed by atoms with E-state index in [1.807, 2.05) is 0 Å². The smallest absolute Gasteiger partial charge is 0.308 e. The summed E-state index contributed by atoms with van der Waals surface area (Å²) in [5, 5.41) is 9.25. The predicted octanol–water partition coefficient (Wildman–Crippen LogP) is 3.48. The van der Waals surface area contributed by atoms with E-state index in [0.717, 1.165) is 11.3 Å². The molecule has 0 aliphatic carbocycles. The van der Waals surface area contributed by atoms with Gasteiger partial charge in [0.2, 0.25) is 0 Å². The van der Waals surface area contributed by atoms with Gasteiger partial charge in [-0.2, -0.15) is 0 Å². The number of hydrogen-bond donors (Lipinski definition) is 2. The van der Waals surface area contributed by atoms with Crippen molar-refractivity contribution in [3.63, 3.8) is 0 Å². The molecule has 0 amide bonds. The van der Waals surface area contributed by atoms with E-state index in [0.29, 0.717) is 9.90 Å². The molecule has 112 valence electrons. The zero-order valence-electron chi connectivity index (χ0n) is 10.3. The number of anilines is 1. The number of carboxylic acids is 1. The van der Waals surface area contributed by atoms with Gasteiger partial charge in [-0.25, -0.2) is 8.42 Å². The molecule has 0 fully saturated rings. The monoisotopic (exact) mass is 365 g/mol. The number of rotatable bonds is 5. The first-order chi connectivity index (χ1) is 9.78. The molecule has 5 nitrogen and oxygen atoms in total. The molecule has 2 N–H and O–H groups in total. The summed E-state index contributed by atoms with van der Waals surface area (Å²) in [6.07, 6.45) is -0.220. The van der Waals surface area contributed by atoms with Crippen LogP contribution in [0.25, 0.3) is 0 Å². The Morgan fingerprint density at radius 2 is 1.95 bits per heavy atom. The number of thiophene rings is 1. The van der Waals surface area contributed by atoms with Crippen LogP contribution in [-0.4, -0.2) is 19.5 Å². The van der Waals surface area contributed by atoms with Gasteiger partial charge in [-0.3, -0.25) is 9.52 Å². The highest BCUT2D eigenvalue weighted by molar-refractivity contribution is 7.94. The third-order valence-electron chi connectivity index (χ3n) is 2.40. The maximum absolute atomic E-state index is 12.2. The van der Waals surface area contributed by atoms with Gasteiger partial charge in [-0.1, -0.05) is 23.2 Å². The lowest BCUT2D eigenvalue weighted by atomic mass is 10.3. The molecule has 2 aromatic rings. The first-order valence-electron chi connectivity index (χ1n) is 5.56. The fraction of sp³-hybridized carbons (Fsp3) is 0.0833. The summed E-state index contributed by atoms with van der Waals surface area (Å²) in [6, 6.07) is 7.21. The Hall–Kier alpha value is -1.28. The molecular weight excluding hydrogens is 357 g/mol. The molecule has 0 spiro atoms. The van der Waals surface area contributed by atoms with Crippen LogP contribution in [0.5, 0.6) is 0 Å². The lowest BCUT2D eigenvalue weighted by Gasteiger charge is -2.08. The summed E-state index contributed by atoms with van der Waals surface area (Å²) < 4.78 is 26.8. The van der Waals surface area contributed by atoms with E-state index in [1.165, 1.54) is 30.3 Å². The Kier molecular flexibility index (Phi) is 4.77. The standard InChI is InChI=1S/C12H9Cl2NO4S2/c13-7-1-3-10(9(14)5-7)15-21(18,19)12-4-2-8(20-12)6-11(16)17/h1-5,15H,6H2,(H,16,17). The molecule has 1 heterocycles. The molecular formula is C12H9Cl2NO4S2. The molecule has 21 heavy (non-hydrogen) atoms. The Morgan fingerprint density at radius 1 is 1.24 bits per heavy atom. The second kappa shape index (κ2) is 6.23. The molecule has 0 bridgehead atoms. The third kappa shape index (κ3) is 4.10. The second-order valence-corrected chi connectivity index (χ2v) is 7.94. The van der Waals surface area contributed by atoms with Gasteiger partial charge >= 0.3 is 5.97 Å². The molecule has 0 unspecified atom stereocenters. The maximum Gasteiger partial charge on any atom is 0.308 e. The average molecular weight is 366 g/mol. The van der Waals surface area contributed by atoms with Crippen LogP contribution in [0.15, 0.2) is 34.5 Å². The third-order valence-corrected chi connectivity index (χ3v) is 5.89.